The third kappa shape index (κ3) is 5.63. The number of benzene rings is 1. The van der Waals surface area contributed by atoms with E-state index in [1.165, 1.54) is 5.56 Å². The molecule has 0 aliphatic carbocycles. The number of carboxylic acids is 1. The lowest BCUT2D eigenvalue weighted by Gasteiger charge is -2.34. The molecule has 1 aliphatic heterocycles. The van der Waals surface area contributed by atoms with Crippen LogP contribution in [0.4, 0.5) is 0 Å². The molecule has 1 unspecified atom stereocenters. The van der Waals surface area contributed by atoms with Crippen molar-refractivity contribution in [2.24, 2.45) is 0 Å². The highest BCUT2D eigenvalue weighted by molar-refractivity contribution is 6.30. The van der Waals surface area contributed by atoms with Gasteiger partial charge in [0.25, 0.3) is 0 Å². The second-order valence-corrected chi connectivity index (χ2v) is 5.88. The molecule has 1 saturated heterocycles. The standard InChI is InChI=1S/C15H21ClN2O3/c1-17(11-15(19)20)9-14-10-18(5-6-21-14)8-12-3-2-4-13(16)7-12/h2-4,7,14H,5-6,8-11H2,1H3,(H,19,20). The van der Waals surface area contributed by atoms with Crippen LogP contribution in [-0.2, 0) is 16.1 Å². The molecular formula is C15H21ClN2O3. The summed E-state index contributed by atoms with van der Waals surface area (Å²) in [5, 5.41) is 9.53. The van der Waals surface area contributed by atoms with Gasteiger partial charge in [0.1, 0.15) is 0 Å². The number of carboxylic acid groups (broad SMARTS) is 1. The van der Waals surface area contributed by atoms with Crippen LogP contribution in [0.25, 0.3) is 0 Å². The highest BCUT2D eigenvalue weighted by atomic mass is 35.5. The minimum Gasteiger partial charge on any atom is -0.480 e. The van der Waals surface area contributed by atoms with Gasteiger partial charge in [0.2, 0.25) is 0 Å². The van der Waals surface area contributed by atoms with Gasteiger partial charge in [-0.1, -0.05) is 23.7 Å². The van der Waals surface area contributed by atoms with Crippen molar-refractivity contribution in [2.45, 2.75) is 12.6 Å². The molecule has 0 bridgehead atoms. The van der Waals surface area contributed by atoms with Crippen LogP contribution < -0.4 is 0 Å². The fourth-order valence-electron chi connectivity index (χ4n) is 2.57. The topological polar surface area (TPSA) is 53.0 Å². The van der Waals surface area contributed by atoms with E-state index in [2.05, 4.69) is 11.0 Å². The number of halogens is 1. The van der Waals surface area contributed by atoms with Gasteiger partial charge in [-0.05, 0) is 24.7 Å². The highest BCUT2D eigenvalue weighted by Gasteiger charge is 2.22. The first-order chi connectivity index (χ1) is 10.0. The second-order valence-electron chi connectivity index (χ2n) is 5.45. The Morgan fingerprint density at radius 2 is 2.38 bits per heavy atom. The van der Waals surface area contributed by atoms with Crippen LogP contribution in [-0.4, -0.2) is 66.8 Å². The lowest BCUT2D eigenvalue weighted by atomic mass is 10.2. The molecule has 21 heavy (non-hydrogen) atoms. The molecule has 0 amide bonds. The van der Waals surface area contributed by atoms with Gasteiger partial charge >= 0.3 is 5.97 Å². The van der Waals surface area contributed by atoms with Crippen LogP contribution in [0.15, 0.2) is 24.3 Å². The van der Waals surface area contributed by atoms with Crippen LogP contribution >= 0.6 is 11.6 Å². The van der Waals surface area contributed by atoms with Crippen LogP contribution in [0.5, 0.6) is 0 Å². The molecule has 6 heteroatoms. The van der Waals surface area contributed by atoms with Gasteiger partial charge in [-0.15, -0.1) is 0 Å². The summed E-state index contributed by atoms with van der Waals surface area (Å²) in [6, 6.07) is 7.86. The van der Waals surface area contributed by atoms with Crippen LogP contribution in [0.2, 0.25) is 5.02 Å². The molecule has 5 nitrogen and oxygen atoms in total. The van der Waals surface area contributed by atoms with Crippen molar-refractivity contribution in [3.05, 3.63) is 34.9 Å². The molecule has 0 radical (unpaired) electrons. The summed E-state index contributed by atoms with van der Waals surface area (Å²) >= 11 is 6.00. The van der Waals surface area contributed by atoms with Gasteiger partial charge in [0.15, 0.2) is 0 Å². The molecule has 1 aliphatic rings. The zero-order valence-electron chi connectivity index (χ0n) is 12.2. The molecular weight excluding hydrogens is 292 g/mol. The maximum Gasteiger partial charge on any atom is 0.317 e. The third-order valence-electron chi connectivity index (χ3n) is 3.44. The van der Waals surface area contributed by atoms with Gasteiger partial charge in [-0.3, -0.25) is 14.6 Å². The average Bonchev–Trinajstić information content (AvgIpc) is 2.37. The van der Waals surface area contributed by atoms with Gasteiger partial charge in [-0.2, -0.15) is 0 Å². The number of rotatable bonds is 6. The van der Waals surface area contributed by atoms with Gasteiger partial charge in [0.05, 0.1) is 19.3 Å². The number of aliphatic carboxylic acids is 1. The summed E-state index contributed by atoms with van der Waals surface area (Å²) in [7, 11) is 1.80. The number of ether oxygens (including phenoxy) is 1. The molecule has 1 atom stereocenters. The zero-order chi connectivity index (χ0) is 15.2. The number of morpholine rings is 1. The van der Waals surface area contributed by atoms with E-state index in [0.717, 1.165) is 24.7 Å². The first-order valence-electron chi connectivity index (χ1n) is 7.01. The monoisotopic (exact) mass is 312 g/mol. The molecule has 1 N–H and O–H groups in total. The number of carbonyl (C=O) groups is 1. The lowest BCUT2D eigenvalue weighted by molar-refractivity contribution is -0.138. The van der Waals surface area contributed by atoms with Crippen molar-refractivity contribution in [1.82, 2.24) is 9.80 Å². The number of nitrogens with zero attached hydrogens (tertiary/aromatic N) is 2. The summed E-state index contributed by atoms with van der Waals surface area (Å²) in [4.78, 5) is 14.8. The van der Waals surface area contributed by atoms with E-state index in [-0.39, 0.29) is 12.6 Å². The summed E-state index contributed by atoms with van der Waals surface area (Å²) in [6.45, 7) is 3.85. The highest BCUT2D eigenvalue weighted by Crippen LogP contribution is 2.15. The van der Waals surface area contributed by atoms with E-state index in [4.69, 9.17) is 21.4 Å². The van der Waals surface area contributed by atoms with E-state index >= 15 is 0 Å². The fraction of sp³-hybridized carbons (Fsp3) is 0.533. The Bertz CT molecular complexity index is 484. The Kier molecular flexibility index (Phi) is 5.99. The zero-order valence-corrected chi connectivity index (χ0v) is 12.9. The molecule has 0 saturated carbocycles. The van der Waals surface area contributed by atoms with Gasteiger partial charge in [0, 0.05) is 31.2 Å². The molecule has 0 aromatic heterocycles. The SMILES string of the molecule is CN(CC(=O)O)CC1CN(Cc2cccc(Cl)c2)CCO1. The van der Waals surface area contributed by atoms with E-state index in [0.29, 0.717) is 13.2 Å². The largest absolute Gasteiger partial charge is 0.480 e. The molecule has 1 aromatic carbocycles. The summed E-state index contributed by atoms with van der Waals surface area (Å²) in [5.41, 5.74) is 1.18. The van der Waals surface area contributed by atoms with Crippen molar-refractivity contribution in [3.8, 4) is 0 Å². The Morgan fingerprint density at radius 1 is 1.57 bits per heavy atom. The molecule has 0 spiro atoms. The van der Waals surface area contributed by atoms with Crippen LogP contribution in [0.1, 0.15) is 5.56 Å². The summed E-state index contributed by atoms with van der Waals surface area (Å²) in [6.07, 6.45) is 0.0438. The summed E-state index contributed by atoms with van der Waals surface area (Å²) < 4.78 is 5.72. The first kappa shape index (κ1) is 16.2. The third-order valence-corrected chi connectivity index (χ3v) is 3.67. The maximum absolute atomic E-state index is 10.7. The Labute approximate surface area is 130 Å². The van der Waals surface area contributed by atoms with Crippen molar-refractivity contribution in [2.75, 3.05) is 39.8 Å². The molecule has 1 aromatic rings. The van der Waals surface area contributed by atoms with Crippen LogP contribution in [0.3, 0.4) is 0 Å². The van der Waals surface area contributed by atoms with E-state index in [9.17, 15) is 4.79 Å². The number of hydrogen-bond acceptors (Lipinski definition) is 4. The van der Waals surface area contributed by atoms with E-state index in [1.807, 2.05) is 18.2 Å². The Morgan fingerprint density at radius 3 is 3.10 bits per heavy atom. The Balaban J connectivity index is 1.84. The molecule has 1 fully saturated rings. The van der Waals surface area contributed by atoms with Gasteiger partial charge in [-0.25, -0.2) is 0 Å². The second kappa shape index (κ2) is 7.75. The van der Waals surface area contributed by atoms with Crippen LogP contribution in [0, 0.1) is 0 Å². The Hall–Kier alpha value is -1.14. The maximum atomic E-state index is 10.7. The van der Waals surface area contributed by atoms with Gasteiger partial charge < -0.3 is 9.84 Å². The first-order valence-corrected chi connectivity index (χ1v) is 7.39. The molecule has 1 heterocycles. The quantitative estimate of drug-likeness (QED) is 0.864. The van der Waals surface area contributed by atoms with E-state index < -0.39 is 5.97 Å². The minimum atomic E-state index is -0.816. The fourth-order valence-corrected chi connectivity index (χ4v) is 2.78. The number of hydrogen-bond donors (Lipinski definition) is 1. The van der Waals surface area contributed by atoms with Crippen molar-refractivity contribution in [1.29, 1.82) is 0 Å². The predicted octanol–water partition coefficient (Wildman–Crippen LogP) is 1.56. The normalized spacial score (nSPS) is 19.9. The van der Waals surface area contributed by atoms with Crippen molar-refractivity contribution < 1.29 is 14.6 Å². The lowest BCUT2D eigenvalue weighted by Crippen LogP contribution is -2.47. The van der Waals surface area contributed by atoms with E-state index in [1.54, 1.807) is 11.9 Å². The van der Waals surface area contributed by atoms with Crippen molar-refractivity contribution in [3.63, 3.8) is 0 Å². The average molecular weight is 313 g/mol. The smallest absolute Gasteiger partial charge is 0.317 e. The number of likely N-dealkylation sites (N-methyl/N-ethyl adjacent to an activating group) is 1. The predicted molar refractivity (Wildman–Crippen MR) is 81.6 cm³/mol. The minimum absolute atomic E-state index is 0.0359. The van der Waals surface area contributed by atoms with Crippen molar-refractivity contribution >= 4 is 17.6 Å². The molecule has 2 rings (SSSR count). The summed E-state index contributed by atoms with van der Waals surface area (Å²) in [5.74, 6) is -0.816. The molecule has 116 valence electrons.